The number of hydrogen-bond donors (Lipinski definition) is 1. The van der Waals surface area contributed by atoms with E-state index in [9.17, 15) is 4.39 Å². The van der Waals surface area contributed by atoms with Gasteiger partial charge in [0, 0.05) is 11.9 Å². The average molecular weight is 251 g/mol. The molecule has 0 aromatic carbocycles. The number of thiazole rings is 1. The van der Waals surface area contributed by atoms with Crippen molar-refractivity contribution >= 4 is 16.5 Å². The zero-order chi connectivity index (χ0) is 12.3. The molecule has 0 radical (unpaired) electrons. The number of hydrogen-bond acceptors (Lipinski definition) is 4. The lowest BCUT2D eigenvalue weighted by molar-refractivity contribution is 0.622. The summed E-state index contributed by atoms with van der Waals surface area (Å²) in [4.78, 5) is 8.40. The van der Waals surface area contributed by atoms with E-state index in [4.69, 9.17) is 0 Å². The van der Waals surface area contributed by atoms with E-state index in [1.807, 2.05) is 5.38 Å². The molecule has 2 aromatic heterocycles. The molecule has 90 valence electrons. The highest BCUT2D eigenvalue weighted by atomic mass is 32.1. The summed E-state index contributed by atoms with van der Waals surface area (Å²) >= 11 is 1.53. The van der Waals surface area contributed by atoms with Gasteiger partial charge in [-0.2, -0.15) is 0 Å². The van der Waals surface area contributed by atoms with E-state index in [0.717, 1.165) is 17.4 Å². The lowest BCUT2D eigenvalue weighted by atomic mass is 10.2. The van der Waals surface area contributed by atoms with Gasteiger partial charge in [0.1, 0.15) is 11.5 Å². The van der Waals surface area contributed by atoms with Crippen LogP contribution in [-0.2, 0) is 0 Å². The van der Waals surface area contributed by atoms with Crippen LogP contribution in [0.15, 0.2) is 23.7 Å². The largest absolute Gasteiger partial charge is 0.361 e. The van der Waals surface area contributed by atoms with Crippen molar-refractivity contribution in [3.05, 3.63) is 29.5 Å². The Balaban J connectivity index is 2.10. The highest BCUT2D eigenvalue weighted by molar-refractivity contribution is 7.14. The van der Waals surface area contributed by atoms with Gasteiger partial charge >= 0.3 is 0 Å². The van der Waals surface area contributed by atoms with Gasteiger partial charge in [0.2, 0.25) is 0 Å². The van der Waals surface area contributed by atoms with Gasteiger partial charge in [-0.15, -0.1) is 11.3 Å². The normalized spacial score (nSPS) is 10.8. The second kappa shape index (κ2) is 5.23. The maximum atomic E-state index is 12.7. The molecule has 0 saturated carbocycles. The predicted octanol–water partition coefficient (Wildman–Crippen LogP) is 3.41. The van der Waals surface area contributed by atoms with E-state index in [0.29, 0.717) is 11.6 Å². The Morgan fingerprint density at radius 2 is 2.18 bits per heavy atom. The summed E-state index contributed by atoms with van der Waals surface area (Å²) in [6.07, 6.45) is 1.20. The number of rotatable bonds is 4. The van der Waals surface area contributed by atoms with E-state index >= 15 is 0 Å². The van der Waals surface area contributed by atoms with Gasteiger partial charge in [-0.05, 0) is 18.1 Å². The molecule has 17 heavy (non-hydrogen) atoms. The summed E-state index contributed by atoms with van der Waals surface area (Å²) in [6.45, 7) is 5.18. The minimum absolute atomic E-state index is 0.331. The van der Waals surface area contributed by atoms with Crippen molar-refractivity contribution in [3.63, 3.8) is 0 Å². The van der Waals surface area contributed by atoms with Gasteiger partial charge < -0.3 is 5.32 Å². The summed E-state index contributed by atoms with van der Waals surface area (Å²) in [5, 5.41) is 6.05. The minimum Gasteiger partial charge on any atom is -0.361 e. The molecule has 0 fully saturated rings. The molecular weight excluding hydrogens is 237 g/mol. The Labute approximate surface area is 104 Å². The van der Waals surface area contributed by atoms with Crippen LogP contribution in [0.1, 0.15) is 13.8 Å². The molecule has 2 aromatic rings. The Kier molecular flexibility index (Phi) is 3.68. The molecule has 0 aliphatic rings. The van der Waals surface area contributed by atoms with Gasteiger partial charge in [-0.3, -0.25) is 4.98 Å². The van der Waals surface area contributed by atoms with E-state index in [2.05, 4.69) is 29.1 Å². The number of nitrogens with zero attached hydrogens (tertiary/aromatic N) is 2. The van der Waals surface area contributed by atoms with Crippen molar-refractivity contribution in [1.29, 1.82) is 0 Å². The van der Waals surface area contributed by atoms with Gasteiger partial charge in [-0.1, -0.05) is 13.8 Å². The highest BCUT2D eigenvalue weighted by Gasteiger charge is 2.06. The van der Waals surface area contributed by atoms with Crippen LogP contribution in [0.5, 0.6) is 0 Å². The number of halogens is 1. The quantitative estimate of drug-likeness (QED) is 0.904. The molecule has 2 rings (SSSR count). The molecule has 0 unspecified atom stereocenters. The van der Waals surface area contributed by atoms with Crippen molar-refractivity contribution < 1.29 is 4.39 Å². The SMILES string of the molecule is CC(C)CNc1nc(-c2ccc(F)cn2)cs1. The zero-order valence-corrected chi connectivity index (χ0v) is 10.6. The van der Waals surface area contributed by atoms with Gasteiger partial charge in [0.15, 0.2) is 5.13 Å². The summed E-state index contributed by atoms with van der Waals surface area (Å²) in [5.41, 5.74) is 1.47. The van der Waals surface area contributed by atoms with E-state index in [-0.39, 0.29) is 5.82 Å². The van der Waals surface area contributed by atoms with Gasteiger partial charge in [0.05, 0.1) is 11.9 Å². The topological polar surface area (TPSA) is 37.8 Å². The molecule has 0 amide bonds. The highest BCUT2D eigenvalue weighted by Crippen LogP contribution is 2.23. The van der Waals surface area contributed by atoms with Crippen molar-refractivity contribution in [2.24, 2.45) is 5.92 Å². The Hall–Kier alpha value is -1.49. The summed E-state index contributed by atoms with van der Waals surface area (Å²) in [7, 11) is 0. The second-order valence-corrected chi connectivity index (χ2v) is 5.03. The fraction of sp³-hybridized carbons (Fsp3) is 0.333. The Bertz CT molecular complexity index is 479. The van der Waals surface area contributed by atoms with Crippen molar-refractivity contribution in [2.75, 3.05) is 11.9 Å². The van der Waals surface area contributed by atoms with E-state index in [1.165, 1.54) is 23.6 Å². The molecule has 0 aliphatic carbocycles. The molecule has 0 aliphatic heterocycles. The van der Waals surface area contributed by atoms with Crippen molar-refractivity contribution in [2.45, 2.75) is 13.8 Å². The second-order valence-electron chi connectivity index (χ2n) is 4.17. The van der Waals surface area contributed by atoms with Crippen molar-refractivity contribution in [1.82, 2.24) is 9.97 Å². The zero-order valence-electron chi connectivity index (χ0n) is 9.77. The smallest absolute Gasteiger partial charge is 0.183 e. The molecule has 3 nitrogen and oxygen atoms in total. The first-order valence-electron chi connectivity index (χ1n) is 5.46. The fourth-order valence-electron chi connectivity index (χ4n) is 1.29. The third-order valence-electron chi connectivity index (χ3n) is 2.16. The van der Waals surface area contributed by atoms with Crippen LogP contribution in [0.4, 0.5) is 9.52 Å². The minimum atomic E-state index is -0.331. The first kappa shape index (κ1) is 12.0. The molecule has 1 N–H and O–H groups in total. The Morgan fingerprint density at radius 1 is 1.35 bits per heavy atom. The summed E-state index contributed by atoms with van der Waals surface area (Å²) < 4.78 is 12.7. The molecule has 0 saturated heterocycles. The van der Waals surface area contributed by atoms with Crippen LogP contribution in [-0.4, -0.2) is 16.5 Å². The molecule has 2 heterocycles. The standard InChI is InChI=1S/C12H14FN3S/c1-8(2)5-15-12-16-11(7-17-12)10-4-3-9(13)6-14-10/h3-4,6-8H,5H2,1-2H3,(H,15,16). The first-order chi connectivity index (χ1) is 8.15. The number of pyridine rings is 1. The van der Waals surface area contributed by atoms with Crippen LogP contribution < -0.4 is 5.32 Å². The van der Waals surface area contributed by atoms with Crippen LogP contribution in [0.2, 0.25) is 0 Å². The van der Waals surface area contributed by atoms with Crippen molar-refractivity contribution in [3.8, 4) is 11.4 Å². The molecule has 0 spiro atoms. The fourth-order valence-corrected chi connectivity index (χ4v) is 2.01. The molecule has 5 heteroatoms. The molecule has 0 bridgehead atoms. The number of nitrogens with one attached hydrogen (secondary N) is 1. The van der Waals surface area contributed by atoms with Gasteiger partial charge in [0.25, 0.3) is 0 Å². The van der Waals surface area contributed by atoms with Crippen LogP contribution >= 0.6 is 11.3 Å². The summed E-state index contributed by atoms with van der Waals surface area (Å²) in [5.74, 6) is 0.244. The van der Waals surface area contributed by atoms with Crippen LogP contribution in [0.25, 0.3) is 11.4 Å². The number of anilines is 1. The summed E-state index contributed by atoms with van der Waals surface area (Å²) in [6, 6.07) is 3.03. The van der Waals surface area contributed by atoms with E-state index < -0.39 is 0 Å². The third-order valence-corrected chi connectivity index (χ3v) is 2.96. The number of aromatic nitrogens is 2. The van der Waals surface area contributed by atoms with Crippen LogP contribution in [0, 0.1) is 11.7 Å². The maximum absolute atomic E-state index is 12.7. The molecule has 0 atom stereocenters. The lowest BCUT2D eigenvalue weighted by Crippen LogP contribution is -2.07. The van der Waals surface area contributed by atoms with E-state index in [1.54, 1.807) is 6.07 Å². The molecular formula is C12H14FN3S. The Morgan fingerprint density at radius 3 is 2.82 bits per heavy atom. The maximum Gasteiger partial charge on any atom is 0.183 e. The van der Waals surface area contributed by atoms with Crippen LogP contribution in [0.3, 0.4) is 0 Å². The monoisotopic (exact) mass is 251 g/mol. The first-order valence-corrected chi connectivity index (χ1v) is 6.34. The predicted molar refractivity (Wildman–Crippen MR) is 68.6 cm³/mol. The van der Waals surface area contributed by atoms with Gasteiger partial charge in [-0.25, -0.2) is 9.37 Å². The lowest BCUT2D eigenvalue weighted by Gasteiger charge is -2.04. The average Bonchev–Trinajstić information content (AvgIpc) is 2.76. The third kappa shape index (κ3) is 3.23.